The summed E-state index contributed by atoms with van der Waals surface area (Å²) in [4.78, 5) is 19.5. The number of thiazole rings is 1. The largest absolute Gasteiger partial charge is 0.349 e. The minimum atomic E-state index is -0.103. The predicted octanol–water partition coefficient (Wildman–Crippen LogP) is 4.43. The second-order valence-corrected chi connectivity index (χ2v) is 10.3. The van der Waals surface area contributed by atoms with Crippen LogP contribution >= 0.6 is 23.1 Å². The standard InChI is InChI=1S/C26H28N6OS2/c33-25(27-13-16-31-14-7-8-15-31)22-18-34-24(28-22)19-35-26-30-29-23(17-20-9-3-1-4-10-20)32(26)21-11-5-2-6-12-21/h1-6,9-12,18H,7-8,13-17,19H2,(H,27,33). The lowest BCUT2D eigenvalue weighted by Gasteiger charge is -2.14. The predicted molar refractivity (Wildman–Crippen MR) is 140 cm³/mol. The van der Waals surface area contributed by atoms with Gasteiger partial charge in [0.2, 0.25) is 0 Å². The molecule has 2 aromatic carbocycles. The molecule has 1 aliphatic rings. The fraction of sp³-hybridized carbons (Fsp3) is 0.308. The molecular formula is C26H28N6OS2. The highest BCUT2D eigenvalue weighted by atomic mass is 32.2. The SMILES string of the molecule is O=C(NCCN1CCCC1)c1csc(CSc2nnc(Cc3ccccc3)n2-c2ccccc2)n1. The Morgan fingerprint density at radius 3 is 2.51 bits per heavy atom. The van der Waals surface area contributed by atoms with Crippen molar-refractivity contribution in [3.8, 4) is 5.69 Å². The molecule has 0 unspecified atom stereocenters. The highest BCUT2D eigenvalue weighted by molar-refractivity contribution is 7.98. The number of para-hydroxylation sites is 1. The van der Waals surface area contributed by atoms with Gasteiger partial charge in [-0.05, 0) is 43.6 Å². The Morgan fingerprint density at radius 2 is 1.74 bits per heavy atom. The van der Waals surface area contributed by atoms with Gasteiger partial charge in [0.05, 0.1) is 5.75 Å². The normalized spacial score (nSPS) is 13.8. The van der Waals surface area contributed by atoms with Crippen LogP contribution < -0.4 is 5.32 Å². The van der Waals surface area contributed by atoms with E-state index in [4.69, 9.17) is 0 Å². The van der Waals surface area contributed by atoms with E-state index in [0.29, 0.717) is 24.4 Å². The molecule has 0 spiro atoms. The molecule has 0 atom stereocenters. The molecule has 2 aromatic heterocycles. The topological polar surface area (TPSA) is 75.9 Å². The molecule has 0 radical (unpaired) electrons. The number of rotatable bonds is 10. The lowest BCUT2D eigenvalue weighted by molar-refractivity contribution is 0.0945. The van der Waals surface area contributed by atoms with E-state index in [2.05, 4.69) is 54.2 Å². The van der Waals surface area contributed by atoms with Crippen LogP contribution in [0, 0.1) is 0 Å². The molecule has 1 amide bonds. The number of hydrogen-bond acceptors (Lipinski definition) is 7. The Morgan fingerprint density at radius 1 is 1.00 bits per heavy atom. The average Bonchev–Trinajstić information content (AvgIpc) is 3.66. The Hall–Kier alpha value is -3.01. The number of thioether (sulfide) groups is 1. The first-order chi connectivity index (χ1) is 17.3. The van der Waals surface area contributed by atoms with Crippen LogP contribution in [-0.2, 0) is 12.2 Å². The van der Waals surface area contributed by atoms with Crippen LogP contribution in [0.4, 0.5) is 0 Å². The number of likely N-dealkylation sites (tertiary alicyclic amines) is 1. The van der Waals surface area contributed by atoms with Gasteiger partial charge in [0.15, 0.2) is 5.16 Å². The molecule has 180 valence electrons. The molecule has 5 rings (SSSR count). The van der Waals surface area contributed by atoms with E-state index < -0.39 is 0 Å². The molecule has 0 bridgehead atoms. The molecule has 1 saturated heterocycles. The average molecular weight is 505 g/mol. The zero-order valence-electron chi connectivity index (χ0n) is 19.5. The van der Waals surface area contributed by atoms with Gasteiger partial charge < -0.3 is 10.2 Å². The van der Waals surface area contributed by atoms with Crippen molar-refractivity contribution in [2.75, 3.05) is 26.2 Å². The zero-order chi connectivity index (χ0) is 23.9. The first kappa shape index (κ1) is 23.7. The fourth-order valence-electron chi connectivity index (χ4n) is 4.16. The Kier molecular flexibility index (Phi) is 7.87. The molecule has 9 heteroatoms. The number of carbonyl (C=O) groups excluding carboxylic acids is 1. The van der Waals surface area contributed by atoms with Gasteiger partial charge in [-0.15, -0.1) is 21.5 Å². The van der Waals surface area contributed by atoms with Gasteiger partial charge in [0.25, 0.3) is 5.91 Å². The quantitative estimate of drug-likeness (QED) is 0.322. The van der Waals surface area contributed by atoms with Crippen LogP contribution in [0.15, 0.2) is 71.2 Å². The van der Waals surface area contributed by atoms with E-state index in [1.165, 1.54) is 29.7 Å². The zero-order valence-corrected chi connectivity index (χ0v) is 21.1. The number of carbonyl (C=O) groups is 1. The van der Waals surface area contributed by atoms with Crippen LogP contribution in [0.25, 0.3) is 5.69 Å². The number of hydrogen-bond donors (Lipinski definition) is 1. The molecule has 1 fully saturated rings. The van der Waals surface area contributed by atoms with Crippen molar-refractivity contribution >= 4 is 29.0 Å². The van der Waals surface area contributed by atoms with Gasteiger partial charge in [0.1, 0.15) is 16.5 Å². The smallest absolute Gasteiger partial charge is 0.270 e. The van der Waals surface area contributed by atoms with Gasteiger partial charge >= 0.3 is 0 Å². The Balaban J connectivity index is 1.24. The number of nitrogens with one attached hydrogen (secondary N) is 1. The minimum Gasteiger partial charge on any atom is -0.349 e. The van der Waals surface area contributed by atoms with Gasteiger partial charge in [-0.25, -0.2) is 4.98 Å². The highest BCUT2D eigenvalue weighted by Crippen LogP contribution is 2.27. The van der Waals surface area contributed by atoms with Crippen molar-refractivity contribution in [3.05, 3.63) is 88.1 Å². The van der Waals surface area contributed by atoms with Crippen molar-refractivity contribution in [2.24, 2.45) is 0 Å². The molecule has 4 aromatic rings. The fourth-order valence-corrected chi connectivity index (χ4v) is 5.92. The number of nitrogens with zero attached hydrogens (tertiary/aromatic N) is 5. The second kappa shape index (κ2) is 11.6. The highest BCUT2D eigenvalue weighted by Gasteiger charge is 2.17. The van der Waals surface area contributed by atoms with E-state index in [-0.39, 0.29) is 5.91 Å². The summed E-state index contributed by atoms with van der Waals surface area (Å²) in [5, 5.41) is 15.5. The van der Waals surface area contributed by atoms with Crippen molar-refractivity contribution in [3.63, 3.8) is 0 Å². The first-order valence-corrected chi connectivity index (χ1v) is 13.7. The van der Waals surface area contributed by atoms with Crippen LogP contribution in [0.3, 0.4) is 0 Å². The summed E-state index contributed by atoms with van der Waals surface area (Å²) < 4.78 is 2.11. The summed E-state index contributed by atoms with van der Waals surface area (Å²) in [6.07, 6.45) is 3.21. The maximum absolute atomic E-state index is 12.5. The van der Waals surface area contributed by atoms with Crippen molar-refractivity contribution in [2.45, 2.75) is 30.2 Å². The summed E-state index contributed by atoms with van der Waals surface area (Å²) in [5.74, 6) is 1.42. The lowest BCUT2D eigenvalue weighted by Crippen LogP contribution is -2.33. The van der Waals surface area contributed by atoms with Crippen molar-refractivity contribution < 1.29 is 4.79 Å². The summed E-state index contributed by atoms with van der Waals surface area (Å²) in [7, 11) is 0. The summed E-state index contributed by atoms with van der Waals surface area (Å²) in [5.41, 5.74) is 2.71. The van der Waals surface area contributed by atoms with Crippen molar-refractivity contribution in [1.29, 1.82) is 0 Å². The number of benzene rings is 2. The van der Waals surface area contributed by atoms with E-state index in [1.807, 2.05) is 41.8 Å². The van der Waals surface area contributed by atoms with E-state index in [0.717, 1.165) is 41.3 Å². The van der Waals surface area contributed by atoms with Crippen LogP contribution in [0.5, 0.6) is 0 Å². The summed E-state index contributed by atoms with van der Waals surface area (Å²) in [6, 6.07) is 20.5. The molecule has 1 N–H and O–H groups in total. The number of amides is 1. The van der Waals surface area contributed by atoms with E-state index in [9.17, 15) is 4.79 Å². The van der Waals surface area contributed by atoms with Gasteiger partial charge in [-0.3, -0.25) is 9.36 Å². The maximum Gasteiger partial charge on any atom is 0.270 e. The second-order valence-electron chi connectivity index (χ2n) is 8.45. The van der Waals surface area contributed by atoms with Crippen LogP contribution in [0.2, 0.25) is 0 Å². The monoisotopic (exact) mass is 504 g/mol. The molecular weight excluding hydrogens is 476 g/mol. The van der Waals surface area contributed by atoms with E-state index in [1.54, 1.807) is 11.8 Å². The molecule has 7 nitrogen and oxygen atoms in total. The molecule has 0 aliphatic carbocycles. The molecule has 1 aliphatic heterocycles. The molecule has 3 heterocycles. The minimum absolute atomic E-state index is 0.103. The van der Waals surface area contributed by atoms with Gasteiger partial charge in [-0.2, -0.15) is 0 Å². The van der Waals surface area contributed by atoms with Crippen LogP contribution in [0.1, 0.15) is 39.7 Å². The molecule has 35 heavy (non-hydrogen) atoms. The molecule has 0 saturated carbocycles. The maximum atomic E-state index is 12.5. The van der Waals surface area contributed by atoms with E-state index >= 15 is 0 Å². The van der Waals surface area contributed by atoms with Crippen molar-refractivity contribution in [1.82, 2.24) is 30.0 Å². The Labute approximate surface area is 213 Å². The lowest BCUT2D eigenvalue weighted by atomic mass is 10.1. The van der Waals surface area contributed by atoms with Gasteiger partial charge in [-0.1, -0.05) is 60.3 Å². The Bertz CT molecular complexity index is 1240. The summed E-state index contributed by atoms with van der Waals surface area (Å²) in [6.45, 7) is 3.83. The van der Waals surface area contributed by atoms with Gasteiger partial charge in [0, 0.05) is 30.6 Å². The third-order valence-electron chi connectivity index (χ3n) is 5.94. The third kappa shape index (κ3) is 6.17. The van der Waals surface area contributed by atoms with Crippen LogP contribution in [-0.4, -0.2) is 56.7 Å². The first-order valence-electron chi connectivity index (χ1n) is 11.9. The number of aromatic nitrogens is 4. The third-order valence-corrected chi connectivity index (χ3v) is 7.91. The summed E-state index contributed by atoms with van der Waals surface area (Å²) >= 11 is 3.09.